The Labute approximate surface area is 283 Å². The van der Waals surface area contributed by atoms with Crippen molar-refractivity contribution in [2.45, 2.75) is 193 Å². The van der Waals surface area contributed by atoms with Crippen LogP contribution in [0.5, 0.6) is 0 Å². The largest absolute Gasteiger partial charge is 0.462 e. The SMILES string of the molecule is CC/C=C/CC(O)/C=C/C=C/CCCCCCCC(=O)OC[C@H](CO)OC(=O)CCCCCCCCCCCCCCCCCC. The molecule has 2 atom stereocenters. The third-order valence-electron chi connectivity index (χ3n) is 8.28. The van der Waals surface area contributed by atoms with Gasteiger partial charge >= 0.3 is 11.9 Å². The van der Waals surface area contributed by atoms with E-state index in [1.807, 2.05) is 24.3 Å². The predicted molar refractivity (Wildman–Crippen MR) is 193 cm³/mol. The molecule has 0 saturated heterocycles. The Kier molecular flexibility index (Phi) is 34.4. The van der Waals surface area contributed by atoms with Crippen LogP contribution < -0.4 is 0 Å². The molecule has 6 heteroatoms. The van der Waals surface area contributed by atoms with E-state index in [0.717, 1.165) is 64.2 Å². The highest BCUT2D eigenvalue weighted by Crippen LogP contribution is 2.14. The summed E-state index contributed by atoms with van der Waals surface area (Å²) in [7, 11) is 0. The van der Waals surface area contributed by atoms with Crippen LogP contribution in [-0.2, 0) is 19.1 Å². The van der Waals surface area contributed by atoms with Gasteiger partial charge in [0.15, 0.2) is 6.10 Å². The first-order valence-electron chi connectivity index (χ1n) is 19.2. The molecule has 2 N–H and O–H groups in total. The summed E-state index contributed by atoms with van der Waals surface area (Å²) < 4.78 is 10.6. The molecule has 1 unspecified atom stereocenters. The summed E-state index contributed by atoms with van der Waals surface area (Å²) in [4.78, 5) is 24.2. The van der Waals surface area contributed by atoms with Crippen LogP contribution in [0.3, 0.4) is 0 Å². The molecule has 0 aliphatic heterocycles. The van der Waals surface area contributed by atoms with Gasteiger partial charge in [-0.15, -0.1) is 0 Å². The summed E-state index contributed by atoms with van der Waals surface area (Å²) in [5.41, 5.74) is 0. The van der Waals surface area contributed by atoms with Crippen LogP contribution in [0.4, 0.5) is 0 Å². The highest BCUT2D eigenvalue weighted by Gasteiger charge is 2.16. The van der Waals surface area contributed by atoms with Gasteiger partial charge in [0.05, 0.1) is 12.7 Å². The predicted octanol–water partition coefficient (Wildman–Crippen LogP) is 10.6. The van der Waals surface area contributed by atoms with Gasteiger partial charge in [0, 0.05) is 12.8 Å². The lowest BCUT2D eigenvalue weighted by Gasteiger charge is -2.15. The smallest absolute Gasteiger partial charge is 0.306 e. The van der Waals surface area contributed by atoms with E-state index in [-0.39, 0.29) is 25.2 Å². The van der Waals surface area contributed by atoms with E-state index in [0.29, 0.717) is 19.3 Å². The number of ether oxygens (including phenoxy) is 2. The lowest BCUT2D eigenvalue weighted by atomic mass is 10.0. The average Bonchev–Trinajstić information content (AvgIpc) is 3.05. The molecule has 0 aliphatic carbocycles. The molecule has 0 aliphatic rings. The van der Waals surface area contributed by atoms with Gasteiger partial charge in [0.2, 0.25) is 0 Å². The Hall–Kier alpha value is -1.92. The molecular formula is C40H72O6. The van der Waals surface area contributed by atoms with Crippen molar-refractivity contribution >= 4 is 11.9 Å². The highest BCUT2D eigenvalue weighted by molar-refractivity contribution is 5.70. The molecule has 0 heterocycles. The van der Waals surface area contributed by atoms with Gasteiger partial charge in [-0.2, -0.15) is 0 Å². The summed E-state index contributed by atoms with van der Waals surface area (Å²) in [6, 6.07) is 0. The number of aliphatic hydroxyl groups excluding tert-OH is 2. The van der Waals surface area contributed by atoms with Crippen LogP contribution in [0.2, 0.25) is 0 Å². The third-order valence-corrected chi connectivity index (χ3v) is 8.28. The minimum absolute atomic E-state index is 0.0900. The molecular weight excluding hydrogens is 576 g/mol. The van der Waals surface area contributed by atoms with Crippen molar-refractivity contribution in [3.05, 3.63) is 36.5 Å². The van der Waals surface area contributed by atoms with Crippen LogP contribution in [0.25, 0.3) is 0 Å². The Morgan fingerprint density at radius 1 is 0.609 bits per heavy atom. The zero-order valence-corrected chi connectivity index (χ0v) is 29.9. The van der Waals surface area contributed by atoms with E-state index in [9.17, 15) is 19.8 Å². The molecule has 0 radical (unpaired) electrons. The van der Waals surface area contributed by atoms with Gasteiger partial charge < -0.3 is 19.7 Å². The minimum Gasteiger partial charge on any atom is -0.462 e. The van der Waals surface area contributed by atoms with Crippen molar-refractivity contribution in [2.75, 3.05) is 13.2 Å². The number of hydrogen-bond acceptors (Lipinski definition) is 6. The van der Waals surface area contributed by atoms with Gasteiger partial charge in [0.25, 0.3) is 0 Å². The molecule has 0 aromatic carbocycles. The summed E-state index contributed by atoms with van der Waals surface area (Å²) in [6.45, 7) is 3.91. The standard InChI is InChI=1S/C40H72O6/c1-3-5-7-8-9-10-11-12-13-14-15-16-19-23-26-30-34-40(44)46-38(35-41)36-45-39(43)33-29-25-22-20-17-18-21-24-28-32-37(42)31-27-6-4-2/h6,21,24,27-28,32,37-38,41-42H,3-5,7-20,22-23,25-26,29-31,33-36H2,1-2H3/b24-21+,27-6+,32-28+/t37?,38-/m0/s1. The zero-order valence-electron chi connectivity index (χ0n) is 29.9. The topological polar surface area (TPSA) is 93.1 Å². The average molecular weight is 649 g/mol. The van der Waals surface area contributed by atoms with Crippen LogP contribution >= 0.6 is 0 Å². The molecule has 0 amide bonds. The second-order valence-corrected chi connectivity index (χ2v) is 12.8. The van der Waals surface area contributed by atoms with Crippen molar-refractivity contribution in [3.63, 3.8) is 0 Å². The summed E-state index contributed by atoms with van der Waals surface area (Å²) in [6.07, 6.45) is 39.6. The normalized spacial score (nSPS) is 13.2. The van der Waals surface area contributed by atoms with E-state index < -0.39 is 12.2 Å². The first-order chi connectivity index (χ1) is 22.5. The Morgan fingerprint density at radius 3 is 1.63 bits per heavy atom. The van der Waals surface area contributed by atoms with E-state index in [4.69, 9.17) is 9.47 Å². The monoisotopic (exact) mass is 649 g/mol. The molecule has 0 fully saturated rings. The maximum atomic E-state index is 12.2. The number of carbonyl (C=O) groups excluding carboxylic acids is 2. The molecule has 268 valence electrons. The van der Waals surface area contributed by atoms with Crippen LogP contribution in [0.1, 0.15) is 181 Å². The number of esters is 2. The molecule has 0 bridgehead atoms. The maximum Gasteiger partial charge on any atom is 0.306 e. The summed E-state index contributed by atoms with van der Waals surface area (Å²) >= 11 is 0. The lowest BCUT2D eigenvalue weighted by Crippen LogP contribution is -2.28. The van der Waals surface area contributed by atoms with Crippen molar-refractivity contribution in [3.8, 4) is 0 Å². The molecule has 0 saturated carbocycles. The first kappa shape index (κ1) is 44.1. The van der Waals surface area contributed by atoms with E-state index in [2.05, 4.69) is 26.0 Å². The van der Waals surface area contributed by atoms with E-state index >= 15 is 0 Å². The zero-order chi connectivity index (χ0) is 33.8. The van der Waals surface area contributed by atoms with Gasteiger partial charge in [-0.05, 0) is 38.5 Å². The number of allylic oxidation sites excluding steroid dienone is 4. The van der Waals surface area contributed by atoms with Crippen LogP contribution in [0, 0.1) is 0 Å². The molecule has 6 nitrogen and oxygen atoms in total. The maximum absolute atomic E-state index is 12.2. The van der Waals surface area contributed by atoms with Crippen LogP contribution in [0.15, 0.2) is 36.5 Å². The van der Waals surface area contributed by atoms with E-state index in [1.165, 1.54) is 83.5 Å². The lowest BCUT2D eigenvalue weighted by molar-refractivity contribution is -0.161. The summed E-state index contributed by atoms with van der Waals surface area (Å²) in [5, 5.41) is 19.3. The van der Waals surface area contributed by atoms with Crippen molar-refractivity contribution in [1.29, 1.82) is 0 Å². The van der Waals surface area contributed by atoms with Gasteiger partial charge in [-0.1, -0.05) is 166 Å². The second kappa shape index (κ2) is 35.9. The van der Waals surface area contributed by atoms with Gasteiger partial charge in [-0.25, -0.2) is 0 Å². The quantitative estimate of drug-likeness (QED) is 0.0312. The fourth-order valence-electron chi connectivity index (χ4n) is 5.35. The molecule has 0 aromatic rings. The molecule has 46 heavy (non-hydrogen) atoms. The third kappa shape index (κ3) is 33.4. The van der Waals surface area contributed by atoms with Gasteiger partial charge in [0.1, 0.15) is 6.61 Å². The number of aliphatic hydroxyl groups is 2. The molecule has 0 rings (SSSR count). The number of rotatable bonds is 34. The molecule has 0 aromatic heterocycles. The number of carbonyl (C=O) groups is 2. The fourth-order valence-corrected chi connectivity index (χ4v) is 5.35. The highest BCUT2D eigenvalue weighted by atomic mass is 16.6. The van der Waals surface area contributed by atoms with E-state index in [1.54, 1.807) is 0 Å². The van der Waals surface area contributed by atoms with Crippen LogP contribution in [-0.4, -0.2) is 47.6 Å². The molecule has 0 spiro atoms. The first-order valence-corrected chi connectivity index (χ1v) is 19.2. The summed E-state index contributed by atoms with van der Waals surface area (Å²) in [5.74, 6) is -0.641. The van der Waals surface area contributed by atoms with Crippen molar-refractivity contribution < 1.29 is 29.3 Å². The Balaban J connectivity index is 3.61. The number of unbranched alkanes of at least 4 members (excludes halogenated alkanes) is 20. The van der Waals surface area contributed by atoms with Crippen molar-refractivity contribution in [2.24, 2.45) is 0 Å². The van der Waals surface area contributed by atoms with Crippen molar-refractivity contribution in [1.82, 2.24) is 0 Å². The van der Waals surface area contributed by atoms with Gasteiger partial charge in [-0.3, -0.25) is 9.59 Å². The fraction of sp³-hybridized carbons (Fsp3) is 0.800. The minimum atomic E-state index is -0.790. The number of hydrogen-bond donors (Lipinski definition) is 2. The second-order valence-electron chi connectivity index (χ2n) is 12.8. The Morgan fingerprint density at radius 2 is 1.11 bits per heavy atom. The Bertz CT molecular complexity index is 759.